The molecule has 2 aromatic heterocycles. The molecule has 2 heterocycles. The van der Waals surface area contributed by atoms with Gasteiger partial charge in [0.1, 0.15) is 4.88 Å². The molecule has 80 valence electrons. The van der Waals surface area contributed by atoms with Gasteiger partial charge in [0.2, 0.25) is 5.89 Å². The summed E-state index contributed by atoms with van der Waals surface area (Å²) in [5, 5.41) is 11.0. The molecular formula is C9H12N4OS. The molecule has 0 saturated heterocycles. The molecule has 2 aromatic rings. The van der Waals surface area contributed by atoms with Crippen LogP contribution in [0.3, 0.4) is 0 Å². The number of nitrogens with one attached hydrogen (secondary N) is 1. The predicted octanol–water partition coefficient (Wildman–Crippen LogP) is 1.26. The van der Waals surface area contributed by atoms with E-state index in [2.05, 4.69) is 20.5 Å². The summed E-state index contributed by atoms with van der Waals surface area (Å²) in [5.74, 6) is 1.23. The third-order valence-electron chi connectivity index (χ3n) is 2.00. The van der Waals surface area contributed by atoms with E-state index in [9.17, 15) is 0 Å². The molecule has 0 aliphatic rings. The lowest BCUT2D eigenvalue weighted by Crippen LogP contribution is -2.10. The molecule has 0 radical (unpaired) electrons. The Morgan fingerprint density at radius 3 is 3.00 bits per heavy atom. The van der Waals surface area contributed by atoms with Gasteiger partial charge in [0.25, 0.3) is 5.89 Å². The quantitative estimate of drug-likeness (QED) is 0.847. The number of likely N-dealkylation sites (N-methyl/N-ethyl adjacent to an activating group) is 1. The van der Waals surface area contributed by atoms with Gasteiger partial charge < -0.3 is 9.73 Å². The average molecular weight is 224 g/mol. The molecule has 0 bridgehead atoms. The largest absolute Gasteiger partial charge is 0.420 e. The summed E-state index contributed by atoms with van der Waals surface area (Å²) >= 11 is 1.52. The summed E-state index contributed by atoms with van der Waals surface area (Å²) in [6.07, 6.45) is 0.751. The molecule has 0 aromatic carbocycles. The van der Waals surface area contributed by atoms with Crippen LogP contribution in [0, 0.1) is 6.92 Å². The first kappa shape index (κ1) is 10.3. The molecule has 5 nitrogen and oxygen atoms in total. The molecule has 0 spiro atoms. The second-order valence-electron chi connectivity index (χ2n) is 3.12. The van der Waals surface area contributed by atoms with Crippen molar-refractivity contribution in [2.45, 2.75) is 13.3 Å². The van der Waals surface area contributed by atoms with Gasteiger partial charge in [-0.15, -0.1) is 21.5 Å². The Labute approximate surface area is 91.6 Å². The van der Waals surface area contributed by atoms with Crippen LogP contribution in [0.4, 0.5) is 0 Å². The van der Waals surface area contributed by atoms with E-state index in [0.29, 0.717) is 11.8 Å². The van der Waals surface area contributed by atoms with Crippen molar-refractivity contribution in [1.82, 2.24) is 20.5 Å². The van der Waals surface area contributed by atoms with E-state index in [4.69, 9.17) is 4.42 Å². The van der Waals surface area contributed by atoms with Gasteiger partial charge in [-0.25, -0.2) is 4.98 Å². The molecule has 0 aliphatic carbocycles. The molecule has 0 fully saturated rings. The zero-order chi connectivity index (χ0) is 10.7. The summed E-state index contributed by atoms with van der Waals surface area (Å²) in [6, 6.07) is 0. The molecule has 2 rings (SSSR count). The lowest BCUT2D eigenvalue weighted by molar-refractivity contribution is 0.500. The van der Waals surface area contributed by atoms with E-state index < -0.39 is 0 Å². The van der Waals surface area contributed by atoms with Gasteiger partial charge in [0.05, 0.1) is 11.2 Å². The van der Waals surface area contributed by atoms with E-state index >= 15 is 0 Å². The molecular weight excluding hydrogens is 212 g/mol. The lowest BCUT2D eigenvalue weighted by Gasteiger charge is -1.92. The summed E-state index contributed by atoms with van der Waals surface area (Å²) in [7, 11) is 1.89. The minimum absolute atomic E-state index is 0.570. The van der Waals surface area contributed by atoms with Crippen molar-refractivity contribution in [2.24, 2.45) is 0 Å². The van der Waals surface area contributed by atoms with Crippen LogP contribution < -0.4 is 5.32 Å². The third kappa shape index (κ3) is 2.21. The zero-order valence-corrected chi connectivity index (χ0v) is 9.47. The van der Waals surface area contributed by atoms with E-state index in [0.717, 1.165) is 23.5 Å². The highest BCUT2D eigenvalue weighted by atomic mass is 32.1. The fourth-order valence-electron chi connectivity index (χ4n) is 1.19. The molecule has 0 amide bonds. The number of aryl methyl sites for hydroxylation is 1. The SMILES string of the molecule is CNCCc1nnc(-c2scnc2C)o1. The Kier molecular flexibility index (Phi) is 3.08. The molecule has 0 saturated carbocycles. The minimum atomic E-state index is 0.570. The van der Waals surface area contributed by atoms with Gasteiger partial charge in [-0.2, -0.15) is 0 Å². The molecule has 6 heteroatoms. The van der Waals surface area contributed by atoms with E-state index in [1.54, 1.807) is 5.51 Å². The van der Waals surface area contributed by atoms with E-state index in [1.807, 2.05) is 14.0 Å². The van der Waals surface area contributed by atoms with Gasteiger partial charge in [0, 0.05) is 13.0 Å². The minimum Gasteiger partial charge on any atom is -0.420 e. The van der Waals surface area contributed by atoms with E-state index in [1.165, 1.54) is 11.3 Å². The Hall–Kier alpha value is -1.27. The van der Waals surface area contributed by atoms with Crippen molar-refractivity contribution in [3.05, 3.63) is 17.1 Å². The van der Waals surface area contributed by atoms with Crippen LogP contribution in [-0.4, -0.2) is 28.8 Å². The summed E-state index contributed by atoms with van der Waals surface area (Å²) in [6.45, 7) is 2.77. The Morgan fingerprint density at radius 2 is 2.33 bits per heavy atom. The topological polar surface area (TPSA) is 63.8 Å². The fourth-order valence-corrected chi connectivity index (χ4v) is 1.91. The molecule has 1 N–H and O–H groups in total. The van der Waals surface area contributed by atoms with Crippen molar-refractivity contribution in [1.29, 1.82) is 0 Å². The van der Waals surface area contributed by atoms with Crippen LogP contribution in [0.25, 0.3) is 10.8 Å². The highest BCUT2D eigenvalue weighted by molar-refractivity contribution is 7.13. The number of thiazole rings is 1. The number of rotatable bonds is 4. The second kappa shape index (κ2) is 4.50. The number of hydrogen-bond donors (Lipinski definition) is 1. The van der Waals surface area contributed by atoms with Crippen LogP contribution in [0.1, 0.15) is 11.6 Å². The zero-order valence-electron chi connectivity index (χ0n) is 8.65. The van der Waals surface area contributed by atoms with Gasteiger partial charge in [-0.05, 0) is 14.0 Å². The van der Waals surface area contributed by atoms with E-state index in [-0.39, 0.29) is 0 Å². The average Bonchev–Trinajstić information content (AvgIpc) is 2.83. The smallest absolute Gasteiger partial charge is 0.259 e. The summed E-state index contributed by atoms with van der Waals surface area (Å²) < 4.78 is 5.52. The molecule has 0 unspecified atom stereocenters. The first-order chi connectivity index (χ1) is 7.31. The number of nitrogens with zero attached hydrogens (tertiary/aromatic N) is 3. The molecule has 15 heavy (non-hydrogen) atoms. The summed E-state index contributed by atoms with van der Waals surface area (Å²) in [4.78, 5) is 5.10. The van der Waals surface area contributed by atoms with Crippen LogP contribution in [-0.2, 0) is 6.42 Å². The first-order valence-electron chi connectivity index (χ1n) is 4.68. The number of hydrogen-bond acceptors (Lipinski definition) is 6. The van der Waals surface area contributed by atoms with Crippen molar-refractivity contribution < 1.29 is 4.42 Å². The van der Waals surface area contributed by atoms with Gasteiger partial charge >= 0.3 is 0 Å². The maximum atomic E-state index is 5.52. The maximum Gasteiger partial charge on any atom is 0.259 e. The predicted molar refractivity (Wildman–Crippen MR) is 57.8 cm³/mol. The molecule has 0 aliphatic heterocycles. The van der Waals surface area contributed by atoms with Gasteiger partial charge in [0.15, 0.2) is 0 Å². The highest BCUT2D eigenvalue weighted by Gasteiger charge is 2.12. The van der Waals surface area contributed by atoms with Gasteiger partial charge in [-0.1, -0.05) is 0 Å². The first-order valence-corrected chi connectivity index (χ1v) is 5.56. The van der Waals surface area contributed by atoms with Crippen molar-refractivity contribution in [3.8, 4) is 10.8 Å². The van der Waals surface area contributed by atoms with Crippen molar-refractivity contribution in [3.63, 3.8) is 0 Å². The number of aromatic nitrogens is 3. The van der Waals surface area contributed by atoms with Crippen molar-refractivity contribution >= 4 is 11.3 Å². The molecule has 0 atom stereocenters. The Balaban J connectivity index is 2.17. The van der Waals surface area contributed by atoms with Crippen LogP contribution in [0.2, 0.25) is 0 Å². The van der Waals surface area contributed by atoms with Gasteiger partial charge in [-0.3, -0.25) is 0 Å². The highest BCUT2D eigenvalue weighted by Crippen LogP contribution is 2.25. The Morgan fingerprint density at radius 1 is 1.47 bits per heavy atom. The van der Waals surface area contributed by atoms with Crippen LogP contribution >= 0.6 is 11.3 Å². The van der Waals surface area contributed by atoms with Crippen molar-refractivity contribution in [2.75, 3.05) is 13.6 Å². The third-order valence-corrected chi connectivity index (χ3v) is 2.91. The standard InChI is InChI=1S/C9H12N4OS/c1-6-8(15-5-11-6)9-13-12-7(14-9)3-4-10-2/h5,10H,3-4H2,1-2H3. The second-order valence-corrected chi connectivity index (χ2v) is 3.98. The fraction of sp³-hybridized carbons (Fsp3) is 0.444. The summed E-state index contributed by atoms with van der Waals surface area (Å²) in [5.41, 5.74) is 2.71. The Bertz CT molecular complexity index is 437. The normalized spacial score (nSPS) is 10.8. The van der Waals surface area contributed by atoms with Crippen LogP contribution in [0.5, 0.6) is 0 Å². The lowest BCUT2D eigenvalue weighted by atomic mass is 10.4. The van der Waals surface area contributed by atoms with Crippen LogP contribution in [0.15, 0.2) is 9.93 Å². The maximum absolute atomic E-state index is 5.52. The monoisotopic (exact) mass is 224 g/mol.